The Labute approximate surface area is 129 Å². The molecule has 0 unspecified atom stereocenters. The molecule has 3 nitrogen and oxygen atoms in total. The van der Waals surface area contributed by atoms with E-state index in [4.69, 9.17) is 41.2 Å². The lowest BCUT2D eigenvalue weighted by atomic mass is 10.2. The van der Waals surface area contributed by atoms with Gasteiger partial charge in [-0.1, -0.05) is 41.5 Å². The fraction of sp³-hybridized carbons (Fsp3) is 0.462. The Kier molecular flexibility index (Phi) is 5.42. The molecule has 0 radical (unpaired) electrons. The Bertz CT molecular complexity index is 439. The van der Waals surface area contributed by atoms with Gasteiger partial charge < -0.3 is 5.73 Å². The summed E-state index contributed by atoms with van der Waals surface area (Å²) in [4.78, 5) is 5.18. The first-order valence-corrected chi connectivity index (χ1v) is 7.38. The van der Waals surface area contributed by atoms with Crippen LogP contribution < -0.4 is 5.73 Å². The number of piperazine rings is 1. The van der Waals surface area contributed by atoms with Gasteiger partial charge in [0.2, 0.25) is 0 Å². The fourth-order valence-corrected chi connectivity index (χ4v) is 2.93. The first-order valence-electron chi connectivity index (χ1n) is 6.22. The molecule has 1 aliphatic rings. The van der Waals surface area contributed by atoms with Crippen molar-refractivity contribution in [2.45, 2.75) is 6.54 Å². The van der Waals surface area contributed by atoms with Crippen molar-refractivity contribution in [3.63, 3.8) is 0 Å². The van der Waals surface area contributed by atoms with Gasteiger partial charge in [0.15, 0.2) is 0 Å². The van der Waals surface area contributed by atoms with Crippen LogP contribution >= 0.6 is 35.4 Å². The molecule has 0 bridgehead atoms. The molecule has 2 rings (SSSR count). The van der Waals surface area contributed by atoms with Gasteiger partial charge in [-0.25, -0.2) is 0 Å². The highest BCUT2D eigenvalue weighted by Crippen LogP contribution is 2.25. The van der Waals surface area contributed by atoms with Crippen LogP contribution in [0, 0.1) is 0 Å². The van der Waals surface area contributed by atoms with Crippen LogP contribution in [-0.4, -0.2) is 47.5 Å². The van der Waals surface area contributed by atoms with Crippen LogP contribution in [0.25, 0.3) is 0 Å². The molecule has 0 aliphatic carbocycles. The number of hydrogen-bond donors (Lipinski definition) is 1. The summed E-state index contributed by atoms with van der Waals surface area (Å²) in [7, 11) is 0. The number of thiocarbonyl (C=S) groups is 1. The summed E-state index contributed by atoms with van der Waals surface area (Å²) in [6.45, 7) is 5.39. The van der Waals surface area contributed by atoms with E-state index in [9.17, 15) is 0 Å². The molecule has 0 amide bonds. The molecule has 1 saturated heterocycles. The van der Waals surface area contributed by atoms with Crippen molar-refractivity contribution in [3.05, 3.63) is 33.8 Å². The van der Waals surface area contributed by atoms with E-state index < -0.39 is 0 Å². The van der Waals surface area contributed by atoms with Gasteiger partial charge in [-0.2, -0.15) is 0 Å². The molecule has 0 spiro atoms. The third kappa shape index (κ3) is 4.29. The first kappa shape index (κ1) is 15.0. The van der Waals surface area contributed by atoms with Gasteiger partial charge in [0.25, 0.3) is 0 Å². The SMILES string of the molecule is NC(=S)CN1CCN(Cc2c(Cl)cccc2Cl)CC1. The van der Waals surface area contributed by atoms with Gasteiger partial charge in [0.05, 0.1) is 4.99 Å². The zero-order chi connectivity index (χ0) is 13.8. The molecule has 104 valence electrons. The lowest BCUT2D eigenvalue weighted by Crippen LogP contribution is -2.48. The molecule has 1 aliphatic heterocycles. The van der Waals surface area contributed by atoms with Crippen molar-refractivity contribution in [3.8, 4) is 0 Å². The predicted molar refractivity (Wildman–Crippen MR) is 85.0 cm³/mol. The van der Waals surface area contributed by atoms with E-state index in [-0.39, 0.29) is 0 Å². The monoisotopic (exact) mass is 317 g/mol. The van der Waals surface area contributed by atoms with E-state index in [0.29, 0.717) is 11.5 Å². The molecular weight excluding hydrogens is 301 g/mol. The Morgan fingerprint density at radius 3 is 2.16 bits per heavy atom. The van der Waals surface area contributed by atoms with Crippen molar-refractivity contribution in [2.24, 2.45) is 5.73 Å². The molecular formula is C13H17Cl2N3S. The average Bonchev–Trinajstić information content (AvgIpc) is 2.35. The minimum atomic E-state index is 0.558. The summed E-state index contributed by atoms with van der Waals surface area (Å²) in [5.74, 6) is 0. The van der Waals surface area contributed by atoms with E-state index in [2.05, 4.69) is 9.80 Å². The minimum absolute atomic E-state index is 0.558. The van der Waals surface area contributed by atoms with Gasteiger partial charge in [-0.05, 0) is 12.1 Å². The summed E-state index contributed by atoms with van der Waals surface area (Å²) in [6.07, 6.45) is 0. The molecule has 1 fully saturated rings. The van der Waals surface area contributed by atoms with Crippen LogP contribution in [0.15, 0.2) is 18.2 Å². The van der Waals surface area contributed by atoms with Crippen molar-refractivity contribution >= 4 is 40.4 Å². The fourth-order valence-electron chi connectivity index (χ4n) is 2.23. The van der Waals surface area contributed by atoms with Crippen molar-refractivity contribution < 1.29 is 0 Å². The molecule has 2 N–H and O–H groups in total. The Balaban J connectivity index is 1.91. The second kappa shape index (κ2) is 6.86. The van der Waals surface area contributed by atoms with Crippen LogP contribution in [0.1, 0.15) is 5.56 Å². The van der Waals surface area contributed by atoms with E-state index in [1.807, 2.05) is 18.2 Å². The number of nitrogens with zero attached hydrogens (tertiary/aromatic N) is 2. The topological polar surface area (TPSA) is 32.5 Å². The van der Waals surface area contributed by atoms with Crippen molar-refractivity contribution in [1.82, 2.24) is 9.80 Å². The van der Waals surface area contributed by atoms with Gasteiger partial charge in [0.1, 0.15) is 0 Å². The summed E-state index contributed by atoms with van der Waals surface area (Å²) >= 11 is 17.3. The zero-order valence-electron chi connectivity index (χ0n) is 10.6. The lowest BCUT2D eigenvalue weighted by Gasteiger charge is -2.34. The van der Waals surface area contributed by atoms with Crippen molar-refractivity contribution in [1.29, 1.82) is 0 Å². The number of nitrogens with two attached hydrogens (primary N) is 1. The highest BCUT2D eigenvalue weighted by molar-refractivity contribution is 7.80. The van der Waals surface area contributed by atoms with Crippen LogP contribution in [0.4, 0.5) is 0 Å². The molecule has 0 aromatic heterocycles. The number of benzene rings is 1. The summed E-state index contributed by atoms with van der Waals surface area (Å²) in [6, 6.07) is 5.63. The zero-order valence-corrected chi connectivity index (χ0v) is 12.9. The summed E-state index contributed by atoms with van der Waals surface area (Å²) in [5.41, 5.74) is 6.57. The van der Waals surface area contributed by atoms with Gasteiger partial charge in [0, 0.05) is 54.9 Å². The Hall–Kier alpha value is -0.390. The van der Waals surface area contributed by atoms with E-state index >= 15 is 0 Å². The van der Waals surface area contributed by atoms with E-state index in [0.717, 1.165) is 48.3 Å². The quantitative estimate of drug-likeness (QED) is 0.864. The molecule has 1 aromatic rings. The van der Waals surface area contributed by atoms with Crippen LogP contribution in [0.3, 0.4) is 0 Å². The van der Waals surface area contributed by atoms with E-state index in [1.54, 1.807) is 0 Å². The number of halogens is 2. The van der Waals surface area contributed by atoms with Gasteiger partial charge in [-0.15, -0.1) is 0 Å². The maximum absolute atomic E-state index is 6.19. The summed E-state index contributed by atoms with van der Waals surface area (Å²) < 4.78 is 0. The van der Waals surface area contributed by atoms with E-state index in [1.165, 1.54) is 0 Å². The highest BCUT2D eigenvalue weighted by atomic mass is 35.5. The molecule has 1 aromatic carbocycles. The standard InChI is InChI=1S/C13H17Cl2N3S/c14-11-2-1-3-12(15)10(11)8-17-4-6-18(7-5-17)9-13(16)19/h1-3H,4-9H2,(H2,16,19). The van der Waals surface area contributed by atoms with Crippen LogP contribution in [-0.2, 0) is 6.54 Å². The van der Waals surface area contributed by atoms with Crippen LogP contribution in [0.2, 0.25) is 10.0 Å². The largest absolute Gasteiger partial charge is 0.392 e. The average molecular weight is 318 g/mol. The molecule has 1 heterocycles. The van der Waals surface area contributed by atoms with Crippen LogP contribution in [0.5, 0.6) is 0 Å². The van der Waals surface area contributed by atoms with Crippen molar-refractivity contribution in [2.75, 3.05) is 32.7 Å². The molecule has 0 saturated carbocycles. The third-order valence-corrected chi connectivity index (χ3v) is 4.13. The molecule has 6 heteroatoms. The number of rotatable bonds is 4. The summed E-state index contributed by atoms with van der Waals surface area (Å²) in [5, 5.41) is 1.47. The highest BCUT2D eigenvalue weighted by Gasteiger charge is 2.18. The normalized spacial score (nSPS) is 17.6. The second-order valence-electron chi connectivity index (χ2n) is 4.72. The Morgan fingerprint density at radius 2 is 1.63 bits per heavy atom. The lowest BCUT2D eigenvalue weighted by molar-refractivity contribution is 0.140. The first-order chi connectivity index (χ1) is 9.06. The Morgan fingerprint density at radius 1 is 1.11 bits per heavy atom. The number of hydrogen-bond acceptors (Lipinski definition) is 3. The maximum atomic E-state index is 6.19. The second-order valence-corrected chi connectivity index (χ2v) is 6.06. The maximum Gasteiger partial charge on any atom is 0.0870 e. The smallest absolute Gasteiger partial charge is 0.0870 e. The third-order valence-electron chi connectivity index (χ3n) is 3.29. The van der Waals surface area contributed by atoms with Gasteiger partial charge >= 0.3 is 0 Å². The van der Waals surface area contributed by atoms with Gasteiger partial charge in [-0.3, -0.25) is 9.80 Å². The minimum Gasteiger partial charge on any atom is -0.392 e. The molecule has 19 heavy (non-hydrogen) atoms. The predicted octanol–water partition coefficient (Wildman–Crippen LogP) is 2.40. The molecule has 0 atom stereocenters.